The van der Waals surface area contributed by atoms with Gasteiger partial charge in [0.15, 0.2) is 0 Å². The molecule has 19 heavy (non-hydrogen) atoms. The highest BCUT2D eigenvalue weighted by molar-refractivity contribution is 5.84. The van der Waals surface area contributed by atoms with Gasteiger partial charge in [-0.1, -0.05) is 12.1 Å². The van der Waals surface area contributed by atoms with Crippen molar-refractivity contribution in [1.29, 1.82) is 0 Å². The standard InChI is InChI=1S/C13H14F3N3/c1-7(17-3)11-9-5-4-6-10(13(14,15)16)12(9)19-8(2)18-11/h4-7,17H,1-3H3. The van der Waals surface area contributed by atoms with Crippen LogP contribution >= 0.6 is 0 Å². The molecule has 0 aliphatic carbocycles. The molecule has 1 aromatic carbocycles. The summed E-state index contributed by atoms with van der Waals surface area (Å²) in [4.78, 5) is 8.21. The Hall–Kier alpha value is -1.69. The van der Waals surface area contributed by atoms with Gasteiger partial charge in [-0.2, -0.15) is 13.2 Å². The topological polar surface area (TPSA) is 37.8 Å². The van der Waals surface area contributed by atoms with Gasteiger partial charge in [-0.25, -0.2) is 9.97 Å². The van der Waals surface area contributed by atoms with Crippen molar-refractivity contribution in [2.45, 2.75) is 26.1 Å². The van der Waals surface area contributed by atoms with Gasteiger partial charge in [0.05, 0.1) is 16.8 Å². The lowest BCUT2D eigenvalue weighted by Crippen LogP contribution is -2.16. The predicted molar refractivity (Wildman–Crippen MR) is 66.8 cm³/mol. The van der Waals surface area contributed by atoms with Crippen molar-refractivity contribution in [3.05, 3.63) is 35.3 Å². The molecule has 0 fully saturated rings. The van der Waals surface area contributed by atoms with E-state index in [0.717, 1.165) is 6.07 Å². The van der Waals surface area contributed by atoms with Crippen molar-refractivity contribution in [2.75, 3.05) is 7.05 Å². The van der Waals surface area contributed by atoms with Crippen LogP contribution in [0.5, 0.6) is 0 Å². The Kier molecular flexibility index (Phi) is 3.45. The zero-order chi connectivity index (χ0) is 14.2. The average Bonchev–Trinajstić information content (AvgIpc) is 2.34. The summed E-state index contributed by atoms with van der Waals surface area (Å²) in [6.45, 7) is 3.44. The molecular formula is C13H14F3N3. The van der Waals surface area contributed by atoms with Crippen molar-refractivity contribution in [3.63, 3.8) is 0 Å². The molecule has 2 aromatic rings. The number of alkyl halides is 3. The summed E-state index contributed by atoms with van der Waals surface area (Å²) in [5.41, 5.74) is -0.184. The Morgan fingerprint density at radius 1 is 1.21 bits per heavy atom. The van der Waals surface area contributed by atoms with Crippen LogP contribution in [0.3, 0.4) is 0 Å². The number of fused-ring (bicyclic) bond motifs is 1. The molecule has 3 nitrogen and oxygen atoms in total. The van der Waals surface area contributed by atoms with E-state index in [1.807, 2.05) is 6.92 Å². The molecule has 0 aliphatic heterocycles. The minimum atomic E-state index is -4.42. The highest BCUT2D eigenvalue weighted by Crippen LogP contribution is 2.35. The Balaban J connectivity index is 2.81. The number of nitrogens with one attached hydrogen (secondary N) is 1. The largest absolute Gasteiger partial charge is 0.418 e. The lowest BCUT2D eigenvalue weighted by atomic mass is 10.0. The van der Waals surface area contributed by atoms with Crippen molar-refractivity contribution in [1.82, 2.24) is 15.3 Å². The van der Waals surface area contributed by atoms with Crippen LogP contribution in [0.4, 0.5) is 13.2 Å². The van der Waals surface area contributed by atoms with E-state index in [-0.39, 0.29) is 11.6 Å². The number of benzene rings is 1. The van der Waals surface area contributed by atoms with Crippen LogP contribution in [0.15, 0.2) is 18.2 Å². The highest BCUT2D eigenvalue weighted by atomic mass is 19.4. The summed E-state index contributed by atoms with van der Waals surface area (Å²) >= 11 is 0. The second-order valence-electron chi connectivity index (χ2n) is 4.37. The highest BCUT2D eigenvalue weighted by Gasteiger charge is 2.33. The summed E-state index contributed by atoms with van der Waals surface area (Å²) in [6, 6.07) is 3.90. The van der Waals surface area contributed by atoms with E-state index in [4.69, 9.17) is 0 Å². The Morgan fingerprint density at radius 3 is 2.47 bits per heavy atom. The first-order chi connectivity index (χ1) is 8.84. The third-order valence-corrected chi connectivity index (χ3v) is 3.02. The summed E-state index contributed by atoms with van der Waals surface area (Å²) in [5, 5.41) is 3.42. The van der Waals surface area contributed by atoms with E-state index in [1.54, 1.807) is 20.0 Å². The van der Waals surface area contributed by atoms with Gasteiger partial charge in [0, 0.05) is 11.4 Å². The maximum Gasteiger partial charge on any atom is 0.418 e. The molecular weight excluding hydrogens is 255 g/mol. The van der Waals surface area contributed by atoms with Gasteiger partial charge in [-0.3, -0.25) is 0 Å². The van der Waals surface area contributed by atoms with Crippen molar-refractivity contribution in [3.8, 4) is 0 Å². The van der Waals surface area contributed by atoms with Gasteiger partial charge in [0.2, 0.25) is 0 Å². The van der Waals surface area contributed by atoms with Gasteiger partial charge in [-0.05, 0) is 27.0 Å². The summed E-state index contributed by atoms with van der Waals surface area (Å²) in [7, 11) is 1.74. The van der Waals surface area contributed by atoms with E-state index < -0.39 is 11.7 Å². The molecule has 0 radical (unpaired) electrons. The molecule has 0 spiro atoms. The van der Waals surface area contributed by atoms with Gasteiger partial charge in [-0.15, -0.1) is 0 Å². The second kappa shape index (κ2) is 4.77. The van der Waals surface area contributed by atoms with Gasteiger partial charge in [0.1, 0.15) is 5.82 Å². The minimum Gasteiger partial charge on any atom is -0.312 e. The second-order valence-corrected chi connectivity index (χ2v) is 4.37. The maximum atomic E-state index is 13.0. The SMILES string of the molecule is CNC(C)c1nc(C)nc2c(C(F)(F)F)cccc12. The quantitative estimate of drug-likeness (QED) is 0.909. The fraction of sp³-hybridized carbons (Fsp3) is 0.385. The normalized spacial score (nSPS) is 13.8. The van der Waals surface area contributed by atoms with Crippen LogP contribution in [-0.2, 0) is 6.18 Å². The maximum absolute atomic E-state index is 13.0. The predicted octanol–water partition coefficient (Wildman–Crippen LogP) is 3.24. The average molecular weight is 269 g/mol. The molecule has 1 heterocycles. The van der Waals surface area contributed by atoms with E-state index in [9.17, 15) is 13.2 Å². The number of para-hydroxylation sites is 1. The van der Waals surface area contributed by atoms with Crippen LogP contribution in [0, 0.1) is 6.92 Å². The Morgan fingerprint density at radius 2 is 1.89 bits per heavy atom. The molecule has 0 aliphatic rings. The number of hydrogen-bond donors (Lipinski definition) is 1. The molecule has 0 bridgehead atoms. The lowest BCUT2D eigenvalue weighted by Gasteiger charge is -2.16. The fourth-order valence-corrected chi connectivity index (χ4v) is 1.99. The van der Waals surface area contributed by atoms with Crippen LogP contribution in [0.25, 0.3) is 10.9 Å². The van der Waals surface area contributed by atoms with Gasteiger partial charge >= 0.3 is 6.18 Å². The van der Waals surface area contributed by atoms with Gasteiger partial charge < -0.3 is 5.32 Å². The zero-order valence-electron chi connectivity index (χ0n) is 10.8. The van der Waals surface area contributed by atoms with Gasteiger partial charge in [0.25, 0.3) is 0 Å². The van der Waals surface area contributed by atoms with Crippen molar-refractivity contribution < 1.29 is 13.2 Å². The first kappa shape index (κ1) is 13.7. The molecule has 0 amide bonds. The number of aromatic nitrogens is 2. The van der Waals surface area contributed by atoms with E-state index in [1.165, 1.54) is 6.07 Å². The third-order valence-electron chi connectivity index (χ3n) is 3.02. The molecule has 2 rings (SSSR count). The lowest BCUT2D eigenvalue weighted by molar-refractivity contribution is -0.136. The Labute approximate surface area is 108 Å². The first-order valence-corrected chi connectivity index (χ1v) is 5.86. The minimum absolute atomic E-state index is 0.0420. The van der Waals surface area contributed by atoms with Crippen molar-refractivity contribution in [2.24, 2.45) is 0 Å². The fourth-order valence-electron chi connectivity index (χ4n) is 1.99. The molecule has 6 heteroatoms. The van der Waals surface area contributed by atoms with Crippen LogP contribution in [0.2, 0.25) is 0 Å². The monoisotopic (exact) mass is 269 g/mol. The summed E-state index contributed by atoms with van der Waals surface area (Å²) in [6.07, 6.45) is -4.42. The van der Waals surface area contributed by atoms with Crippen LogP contribution in [-0.4, -0.2) is 17.0 Å². The van der Waals surface area contributed by atoms with Crippen LogP contribution in [0.1, 0.15) is 30.0 Å². The van der Waals surface area contributed by atoms with Crippen molar-refractivity contribution >= 4 is 10.9 Å². The molecule has 1 N–H and O–H groups in total. The Bertz CT molecular complexity index is 608. The number of hydrogen-bond acceptors (Lipinski definition) is 3. The number of rotatable bonds is 2. The van der Waals surface area contributed by atoms with E-state index in [0.29, 0.717) is 16.9 Å². The smallest absolute Gasteiger partial charge is 0.312 e. The molecule has 1 aromatic heterocycles. The first-order valence-electron chi connectivity index (χ1n) is 5.86. The summed E-state index contributed by atoms with van der Waals surface area (Å²) in [5.74, 6) is 0.335. The molecule has 102 valence electrons. The van der Waals surface area contributed by atoms with E-state index >= 15 is 0 Å². The van der Waals surface area contributed by atoms with E-state index in [2.05, 4.69) is 15.3 Å². The molecule has 0 saturated heterocycles. The number of nitrogens with zero attached hydrogens (tertiary/aromatic N) is 2. The number of aryl methyl sites for hydroxylation is 1. The van der Waals surface area contributed by atoms with Crippen LogP contribution < -0.4 is 5.32 Å². The number of halogens is 3. The molecule has 1 unspecified atom stereocenters. The summed E-state index contributed by atoms with van der Waals surface area (Å²) < 4.78 is 39.0. The third kappa shape index (κ3) is 2.53. The molecule has 0 saturated carbocycles. The zero-order valence-corrected chi connectivity index (χ0v) is 10.8. The molecule has 1 atom stereocenters.